The summed E-state index contributed by atoms with van der Waals surface area (Å²) in [6.07, 6.45) is 1.93. The van der Waals surface area contributed by atoms with E-state index in [1.807, 2.05) is 24.0 Å². The van der Waals surface area contributed by atoms with Gasteiger partial charge in [0.2, 0.25) is 5.91 Å². The van der Waals surface area contributed by atoms with Crippen LogP contribution in [0.5, 0.6) is 0 Å². The first kappa shape index (κ1) is 14.1. The summed E-state index contributed by atoms with van der Waals surface area (Å²) in [5.41, 5.74) is 3.01. The molecule has 4 atom stereocenters. The van der Waals surface area contributed by atoms with Gasteiger partial charge in [-0.3, -0.25) is 9.59 Å². The molecule has 5 heteroatoms. The van der Waals surface area contributed by atoms with Gasteiger partial charge in [-0.05, 0) is 30.4 Å². The standard InChI is InChI=1S/C19H20N2O3/c1-10-9-19-13(16(10)18(23)24)8-15(22)21(19)7-6-12-11-4-2-3-5-14(11)20-17(12)19/h2-5,10,13,16,20H,6-9H2,1H3,(H,23,24)/t10-,13-,16+,19+/m0/s1. The third-order valence-electron chi connectivity index (χ3n) is 6.59. The Morgan fingerprint density at radius 2 is 2.17 bits per heavy atom. The van der Waals surface area contributed by atoms with E-state index in [-0.39, 0.29) is 17.7 Å². The number of para-hydroxylation sites is 1. The molecule has 3 aliphatic rings. The van der Waals surface area contributed by atoms with Crippen LogP contribution in [0.2, 0.25) is 0 Å². The van der Waals surface area contributed by atoms with Crippen LogP contribution in [-0.4, -0.2) is 33.4 Å². The lowest BCUT2D eigenvalue weighted by atomic mass is 9.77. The zero-order valence-corrected chi connectivity index (χ0v) is 13.6. The zero-order valence-electron chi connectivity index (χ0n) is 13.6. The van der Waals surface area contributed by atoms with Gasteiger partial charge < -0.3 is 15.0 Å². The van der Waals surface area contributed by atoms with Gasteiger partial charge in [0.1, 0.15) is 0 Å². The number of nitrogens with one attached hydrogen (secondary N) is 1. The lowest BCUT2D eigenvalue weighted by Gasteiger charge is -2.43. The van der Waals surface area contributed by atoms with Crippen LogP contribution in [0.25, 0.3) is 10.9 Å². The average Bonchev–Trinajstić information content (AvgIpc) is 3.13. The van der Waals surface area contributed by atoms with Gasteiger partial charge in [-0.2, -0.15) is 0 Å². The van der Waals surface area contributed by atoms with E-state index in [1.165, 1.54) is 10.9 Å². The number of aromatic nitrogens is 1. The van der Waals surface area contributed by atoms with Crippen LogP contribution in [0, 0.1) is 17.8 Å². The Balaban J connectivity index is 1.78. The van der Waals surface area contributed by atoms with E-state index < -0.39 is 17.4 Å². The van der Waals surface area contributed by atoms with Crippen LogP contribution in [-0.2, 0) is 21.5 Å². The summed E-state index contributed by atoms with van der Waals surface area (Å²) in [6.45, 7) is 2.72. The first-order valence-corrected chi connectivity index (χ1v) is 8.67. The van der Waals surface area contributed by atoms with Crippen molar-refractivity contribution in [1.29, 1.82) is 0 Å². The second-order valence-electron chi connectivity index (χ2n) is 7.60. The van der Waals surface area contributed by atoms with E-state index in [9.17, 15) is 14.7 Å². The fraction of sp³-hybridized carbons (Fsp3) is 0.474. The van der Waals surface area contributed by atoms with E-state index in [4.69, 9.17) is 0 Å². The quantitative estimate of drug-likeness (QED) is 0.846. The minimum Gasteiger partial charge on any atom is -0.481 e. The highest BCUT2D eigenvalue weighted by atomic mass is 16.4. The predicted octanol–water partition coefficient (Wildman–Crippen LogP) is 2.51. The lowest BCUT2D eigenvalue weighted by molar-refractivity contribution is -0.144. The van der Waals surface area contributed by atoms with E-state index >= 15 is 0 Å². The number of hydrogen-bond acceptors (Lipinski definition) is 2. The molecular formula is C19H20N2O3. The van der Waals surface area contributed by atoms with Crippen molar-refractivity contribution >= 4 is 22.8 Å². The Hall–Kier alpha value is -2.30. The molecule has 1 aromatic heterocycles. The summed E-state index contributed by atoms with van der Waals surface area (Å²) < 4.78 is 0. The molecule has 1 aromatic carbocycles. The number of carbonyl (C=O) groups is 2. The van der Waals surface area contributed by atoms with Crippen molar-refractivity contribution in [1.82, 2.24) is 9.88 Å². The maximum Gasteiger partial charge on any atom is 0.307 e. The summed E-state index contributed by atoms with van der Waals surface area (Å²) in [4.78, 5) is 30.1. The second-order valence-corrected chi connectivity index (χ2v) is 7.60. The molecule has 1 spiro atoms. The van der Waals surface area contributed by atoms with Gasteiger partial charge in [-0.15, -0.1) is 0 Å². The minimum absolute atomic E-state index is 0.0699. The summed E-state index contributed by atoms with van der Waals surface area (Å²) in [5.74, 6) is -1.16. The van der Waals surface area contributed by atoms with Crippen molar-refractivity contribution in [2.75, 3.05) is 6.54 Å². The molecule has 2 aliphatic heterocycles. The van der Waals surface area contributed by atoms with Gasteiger partial charge in [0.25, 0.3) is 0 Å². The predicted molar refractivity (Wildman–Crippen MR) is 88.4 cm³/mol. The normalized spacial score (nSPS) is 34.3. The Labute approximate surface area is 139 Å². The van der Waals surface area contributed by atoms with Gasteiger partial charge in [0, 0.05) is 35.5 Å². The molecule has 5 rings (SSSR count). The van der Waals surface area contributed by atoms with Crippen LogP contribution in [0.1, 0.15) is 31.0 Å². The molecule has 124 valence electrons. The highest BCUT2D eigenvalue weighted by Crippen LogP contribution is 2.61. The molecule has 1 saturated carbocycles. The number of hydrogen-bond donors (Lipinski definition) is 2. The number of H-pyrrole nitrogens is 1. The van der Waals surface area contributed by atoms with Crippen molar-refractivity contribution in [3.8, 4) is 0 Å². The molecule has 0 bridgehead atoms. The van der Waals surface area contributed by atoms with Gasteiger partial charge in [-0.25, -0.2) is 0 Å². The van der Waals surface area contributed by atoms with Gasteiger partial charge in [0.15, 0.2) is 0 Å². The van der Waals surface area contributed by atoms with E-state index in [2.05, 4.69) is 17.1 Å². The maximum absolute atomic E-state index is 12.6. The minimum atomic E-state index is -0.762. The molecule has 1 amide bonds. The molecule has 5 nitrogen and oxygen atoms in total. The molecule has 24 heavy (non-hydrogen) atoms. The van der Waals surface area contributed by atoms with Crippen LogP contribution in [0.3, 0.4) is 0 Å². The number of amides is 1. The molecule has 0 radical (unpaired) electrons. The number of benzene rings is 1. The number of nitrogens with zero attached hydrogens (tertiary/aromatic N) is 1. The number of aliphatic carboxylic acids is 1. The maximum atomic E-state index is 12.6. The van der Waals surface area contributed by atoms with Crippen LogP contribution in [0.4, 0.5) is 0 Å². The molecule has 2 fully saturated rings. The molecule has 2 N–H and O–H groups in total. The number of rotatable bonds is 1. The van der Waals surface area contributed by atoms with E-state index in [0.29, 0.717) is 13.0 Å². The Morgan fingerprint density at radius 1 is 1.38 bits per heavy atom. The fourth-order valence-electron chi connectivity index (χ4n) is 5.80. The highest BCUT2D eigenvalue weighted by Gasteiger charge is 2.65. The molecular weight excluding hydrogens is 304 g/mol. The SMILES string of the molecule is C[C@H]1C[C@@]23c4[nH]c5ccccc5c4CCN2C(=O)C[C@H]3[C@@H]1C(=O)O. The fourth-order valence-corrected chi connectivity index (χ4v) is 5.80. The van der Waals surface area contributed by atoms with Gasteiger partial charge >= 0.3 is 5.97 Å². The van der Waals surface area contributed by atoms with Crippen LogP contribution >= 0.6 is 0 Å². The smallest absolute Gasteiger partial charge is 0.307 e. The number of aromatic amines is 1. The third kappa shape index (κ3) is 1.46. The van der Waals surface area contributed by atoms with Crippen molar-refractivity contribution in [3.63, 3.8) is 0 Å². The molecule has 1 aliphatic carbocycles. The zero-order chi connectivity index (χ0) is 16.6. The largest absolute Gasteiger partial charge is 0.481 e. The first-order chi connectivity index (χ1) is 11.5. The van der Waals surface area contributed by atoms with Crippen molar-refractivity contribution < 1.29 is 14.7 Å². The number of carbonyl (C=O) groups excluding carboxylic acids is 1. The van der Waals surface area contributed by atoms with E-state index in [0.717, 1.165) is 24.1 Å². The average molecular weight is 324 g/mol. The molecule has 0 unspecified atom stereocenters. The Morgan fingerprint density at radius 3 is 2.96 bits per heavy atom. The first-order valence-electron chi connectivity index (χ1n) is 8.67. The van der Waals surface area contributed by atoms with Crippen LogP contribution < -0.4 is 0 Å². The monoisotopic (exact) mass is 324 g/mol. The number of carboxylic acids is 1. The molecule has 1 saturated heterocycles. The topological polar surface area (TPSA) is 73.4 Å². The molecule has 3 heterocycles. The highest BCUT2D eigenvalue weighted by molar-refractivity contribution is 5.89. The van der Waals surface area contributed by atoms with Crippen molar-refractivity contribution in [2.45, 2.75) is 31.7 Å². The number of fused-ring (bicyclic) bond motifs is 3. The van der Waals surface area contributed by atoms with Crippen molar-refractivity contribution in [3.05, 3.63) is 35.5 Å². The Kier molecular flexibility index (Phi) is 2.58. The van der Waals surface area contributed by atoms with Crippen molar-refractivity contribution in [2.24, 2.45) is 17.8 Å². The van der Waals surface area contributed by atoms with Gasteiger partial charge in [-0.1, -0.05) is 25.1 Å². The van der Waals surface area contributed by atoms with Crippen LogP contribution in [0.15, 0.2) is 24.3 Å². The lowest BCUT2D eigenvalue weighted by Crippen LogP contribution is -2.49. The Bertz CT molecular complexity index is 886. The summed E-state index contributed by atoms with van der Waals surface area (Å²) in [7, 11) is 0. The second kappa shape index (κ2) is 4.41. The molecule has 2 aromatic rings. The summed E-state index contributed by atoms with van der Waals surface area (Å²) >= 11 is 0. The number of carboxylic acid groups (broad SMARTS) is 1. The third-order valence-corrected chi connectivity index (χ3v) is 6.59. The summed E-state index contributed by atoms with van der Waals surface area (Å²) in [6, 6.07) is 8.23. The van der Waals surface area contributed by atoms with Gasteiger partial charge in [0.05, 0.1) is 11.5 Å². The summed E-state index contributed by atoms with van der Waals surface area (Å²) in [5, 5.41) is 11.0. The van der Waals surface area contributed by atoms with E-state index in [1.54, 1.807) is 0 Å².